The SMILES string of the molecule is COCCC1(CNS(=O)(=O)c2ccc(CC#N)cc2)CC1. The lowest BCUT2D eigenvalue weighted by molar-refractivity contribution is 0.173. The van der Waals surface area contributed by atoms with Crippen LogP contribution in [0.15, 0.2) is 29.2 Å². The van der Waals surface area contributed by atoms with Crippen molar-refractivity contribution >= 4 is 10.0 Å². The van der Waals surface area contributed by atoms with Gasteiger partial charge in [-0.1, -0.05) is 12.1 Å². The number of nitrogens with zero attached hydrogens (tertiary/aromatic N) is 1. The van der Waals surface area contributed by atoms with Crippen LogP contribution >= 0.6 is 0 Å². The minimum Gasteiger partial charge on any atom is -0.385 e. The Morgan fingerprint density at radius 3 is 2.52 bits per heavy atom. The fourth-order valence-electron chi connectivity index (χ4n) is 2.22. The topological polar surface area (TPSA) is 79.2 Å². The van der Waals surface area contributed by atoms with Crippen LogP contribution in [-0.2, 0) is 21.2 Å². The molecule has 0 aliphatic heterocycles. The summed E-state index contributed by atoms with van der Waals surface area (Å²) in [7, 11) is -1.83. The minimum atomic E-state index is -3.48. The summed E-state index contributed by atoms with van der Waals surface area (Å²) in [6, 6.07) is 8.48. The first-order valence-corrected chi connectivity index (χ1v) is 8.44. The molecule has 0 spiro atoms. The molecule has 1 aromatic rings. The highest BCUT2D eigenvalue weighted by atomic mass is 32.2. The molecule has 1 saturated carbocycles. The van der Waals surface area contributed by atoms with Crippen molar-refractivity contribution in [2.45, 2.75) is 30.6 Å². The largest absolute Gasteiger partial charge is 0.385 e. The first kappa shape index (κ1) is 16.0. The molecular formula is C15H20N2O3S. The maximum absolute atomic E-state index is 12.2. The van der Waals surface area contributed by atoms with Gasteiger partial charge in [-0.3, -0.25) is 0 Å². The Bertz CT molecular complexity index is 613. The maximum atomic E-state index is 12.2. The van der Waals surface area contributed by atoms with Crippen molar-refractivity contribution in [2.75, 3.05) is 20.3 Å². The van der Waals surface area contributed by atoms with Gasteiger partial charge in [-0.15, -0.1) is 0 Å². The van der Waals surface area contributed by atoms with Crippen molar-refractivity contribution in [1.29, 1.82) is 5.26 Å². The summed E-state index contributed by atoms with van der Waals surface area (Å²) < 4.78 is 32.2. The van der Waals surface area contributed by atoms with Crippen molar-refractivity contribution in [3.8, 4) is 6.07 Å². The van der Waals surface area contributed by atoms with Crippen molar-refractivity contribution < 1.29 is 13.2 Å². The van der Waals surface area contributed by atoms with Crippen LogP contribution in [0.4, 0.5) is 0 Å². The van der Waals surface area contributed by atoms with E-state index in [4.69, 9.17) is 10.00 Å². The molecule has 2 rings (SSSR count). The highest BCUT2D eigenvalue weighted by Crippen LogP contribution is 2.48. The van der Waals surface area contributed by atoms with E-state index >= 15 is 0 Å². The monoisotopic (exact) mass is 308 g/mol. The van der Waals surface area contributed by atoms with E-state index < -0.39 is 10.0 Å². The van der Waals surface area contributed by atoms with Crippen LogP contribution in [0.1, 0.15) is 24.8 Å². The smallest absolute Gasteiger partial charge is 0.240 e. The Morgan fingerprint density at radius 2 is 2.00 bits per heavy atom. The van der Waals surface area contributed by atoms with Crippen molar-refractivity contribution in [3.05, 3.63) is 29.8 Å². The molecule has 1 aliphatic carbocycles. The third-order valence-electron chi connectivity index (χ3n) is 3.95. The standard InChI is InChI=1S/C15H20N2O3S/c1-20-11-9-15(7-8-15)12-17-21(18,19)14-4-2-13(3-5-14)6-10-16/h2-5,17H,6-9,11-12H2,1H3. The van der Waals surface area contributed by atoms with Gasteiger partial charge in [0, 0.05) is 20.3 Å². The lowest BCUT2D eigenvalue weighted by Crippen LogP contribution is -2.30. The molecule has 6 heteroatoms. The predicted molar refractivity (Wildman–Crippen MR) is 79.1 cm³/mol. The number of nitrogens with one attached hydrogen (secondary N) is 1. The number of nitriles is 1. The molecule has 1 aliphatic rings. The van der Waals surface area contributed by atoms with E-state index in [1.165, 1.54) is 0 Å². The molecule has 0 amide bonds. The molecule has 1 aromatic carbocycles. The molecule has 1 fully saturated rings. The third kappa shape index (κ3) is 4.27. The molecular weight excluding hydrogens is 288 g/mol. The Morgan fingerprint density at radius 1 is 1.33 bits per heavy atom. The average molecular weight is 308 g/mol. The van der Waals surface area contributed by atoms with Crippen LogP contribution in [-0.4, -0.2) is 28.7 Å². The minimum absolute atomic E-state index is 0.0732. The number of benzene rings is 1. The van der Waals surface area contributed by atoms with Gasteiger partial charge in [-0.05, 0) is 42.4 Å². The van der Waals surface area contributed by atoms with Gasteiger partial charge < -0.3 is 4.74 Å². The Hall–Kier alpha value is -1.42. The second-order valence-electron chi connectivity index (χ2n) is 5.55. The molecule has 5 nitrogen and oxygen atoms in total. The zero-order chi connectivity index (χ0) is 15.3. The highest BCUT2D eigenvalue weighted by molar-refractivity contribution is 7.89. The van der Waals surface area contributed by atoms with Gasteiger partial charge >= 0.3 is 0 Å². The Balaban J connectivity index is 1.97. The molecule has 0 atom stereocenters. The summed E-state index contributed by atoms with van der Waals surface area (Å²) in [6.45, 7) is 1.11. The zero-order valence-electron chi connectivity index (χ0n) is 12.1. The quantitative estimate of drug-likeness (QED) is 0.795. The lowest BCUT2D eigenvalue weighted by Gasteiger charge is -2.15. The number of hydrogen-bond acceptors (Lipinski definition) is 4. The number of hydrogen-bond donors (Lipinski definition) is 1. The average Bonchev–Trinajstić information content (AvgIpc) is 3.25. The molecule has 21 heavy (non-hydrogen) atoms. The van der Waals surface area contributed by atoms with Crippen LogP contribution < -0.4 is 4.72 Å². The fourth-order valence-corrected chi connectivity index (χ4v) is 3.38. The van der Waals surface area contributed by atoms with Gasteiger partial charge in [0.05, 0.1) is 17.4 Å². The summed E-state index contributed by atoms with van der Waals surface area (Å²) in [4.78, 5) is 0.242. The molecule has 114 valence electrons. The maximum Gasteiger partial charge on any atom is 0.240 e. The summed E-state index contributed by atoms with van der Waals surface area (Å²) >= 11 is 0. The van der Waals surface area contributed by atoms with Gasteiger partial charge in [0.1, 0.15) is 0 Å². The zero-order valence-corrected chi connectivity index (χ0v) is 12.9. The first-order valence-electron chi connectivity index (χ1n) is 6.96. The van der Waals surface area contributed by atoms with E-state index in [-0.39, 0.29) is 16.7 Å². The van der Waals surface area contributed by atoms with E-state index in [1.54, 1.807) is 31.4 Å². The van der Waals surface area contributed by atoms with Gasteiger partial charge in [0.15, 0.2) is 0 Å². The summed E-state index contributed by atoms with van der Waals surface area (Å²) in [5.74, 6) is 0. The highest BCUT2D eigenvalue weighted by Gasteiger charge is 2.42. The lowest BCUT2D eigenvalue weighted by atomic mass is 10.0. The first-order chi connectivity index (χ1) is 10.0. The van der Waals surface area contributed by atoms with E-state index in [9.17, 15) is 8.42 Å². The Kier molecular flexibility index (Phi) is 4.99. The predicted octanol–water partition coefficient (Wildman–Crippen LogP) is 1.85. The molecule has 0 radical (unpaired) electrons. The fraction of sp³-hybridized carbons (Fsp3) is 0.533. The summed E-state index contributed by atoms with van der Waals surface area (Å²) in [5, 5.41) is 8.61. The van der Waals surface area contributed by atoms with Crippen molar-refractivity contribution in [2.24, 2.45) is 5.41 Å². The molecule has 0 aromatic heterocycles. The number of methoxy groups -OCH3 is 1. The molecule has 0 unspecified atom stereocenters. The van der Waals surface area contributed by atoms with Crippen LogP contribution in [0.3, 0.4) is 0 Å². The van der Waals surface area contributed by atoms with E-state index in [2.05, 4.69) is 4.72 Å². The normalized spacial score (nSPS) is 16.4. The van der Waals surface area contributed by atoms with Crippen LogP contribution in [0.5, 0.6) is 0 Å². The number of sulfonamides is 1. The van der Waals surface area contributed by atoms with Gasteiger partial charge in [-0.25, -0.2) is 13.1 Å². The van der Waals surface area contributed by atoms with Gasteiger partial charge in [0.25, 0.3) is 0 Å². The van der Waals surface area contributed by atoms with Crippen molar-refractivity contribution in [1.82, 2.24) is 4.72 Å². The van der Waals surface area contributed by atoms with E-state index in [1.807, 2.05) is 6.07 Å². The number of rotatable bonds is 8. The number of ether oxygens (including phenoxy) is 1. The second kappa shape index (κ2) is 6.56. The molecule has 0 heterocycles. The van der Waals surface area contributed by atoms with Gasteiger partial charge in [0.2, 0.25) is 10.0 Å². The van der Waals surface area contributed by atoms with Gasteiger partial charge in [-0.2, -0.15) is 5.26 Å². The van der Waals surface area contributed by atoms with Crippen LogP contribution in [0, 0.1) is 16.7 Å². The van der Waals surface area contributed by atoms with Crippen molar-refractivity contribution in [3.63, 3.8) is 0 Å². The van der Waals surface area contributed by atoms with E-state index in [0.717, 1.165) is 24.8 Å². The summed E-state index contributed by atoms with van der Waals surface area (Å²) in [5.41, 5.74) is 0.888. The third-order valence-corrected chi connectivity index (χ3v) is 5.36. The Labute approximate surface area is 126 Å². The molecule has 0 saturated heterocycles. The molecule has 1 N–H and O–H groups in total. The van der Waals surface area contributed by atoms with Crippen LogP contribution in [0.2, 0.25) is 0 Å². The molecule has 0 bridgehead atoms. The van der Waals surface area contributed by atoms with Crippen LogP contribution in [0.25, 0.3) is 0 Å². The van der Waals surface area contributed by atoms with E-state index in [0.29, 0.717) is 13.2 Å². The second-order valence-corrected chi connectivity index (χ2v) is 7.31. The summed E-state index contributed by atoms with van der Waals surface area (Å²) in [6.07, 6.45) is 3.25.